The molecule has 0 spiro atoms. The minimum Gasteiger partial charge on any atom is -0.496 e. The molecule has 1 aliphatic heterocycles. The van der Waals surface area contributed by atoms with Crippen LogP contribution in [0.2, 0.25) is 5.02 Å². The summed E-state index contributed by atoms with van der Waals surface area (Å²) in [7, 11) is 1.68. The van der Waals surface area contributed by atoms with Crippen molar-refractivity contribution >= 4 is 34.8 Å². The van der Waals surface area contributed by atoms with Gasteiger partial charge in [0.1, 0.15) is 5.75 Å². The van der Waals surface area contributed by atoms with E-state index in [0.29, 0.717) is 16.5 Å². The van der Waals surface area contributed by atoms with Crippen LogP contribution >= 0.6 is 11.6 Å². The average molecular weight is 342 g/mol. The molecule has 4 heteroatoms. The second kappa shape index (κ2) is 6.33. The number of amides is 1. The molecular formula is C20H20ClNO2. The van der Waals surface area contributed by atoms with Crippen LogP contribution in [0.3, 0.4) is 0 Å². The lowest BCUT2D eigenvalue weighted by molar-refractivity contribution is -0.110. The molecular weight excluding hydrogens is 322 g/mol. The number of carbonyl (C=O) groups excluding carboxylic acids is 1. The number of nitrogens with one attached hydrogen (secondary N) is 1. The number of halogens is 1. The van der Waals surface area contributed by atoms with Crippen molar-refractivity contribution in [3.63, 3.8) is 0 Å². The summed E-state index contributed by atoms with van der Waals surface area (Å²) in [6.07, 6.45) is 1.93. The first kappa shape index (κ1) is 16.6. The molecule has 0 radical (unpaired) electrons. The van der Waals surface area contributed by atoms with Gasteiger partial charge in [0.05, 0.1) is 7.11 Å². The van der Waals surface area contributed by atoms with Crippen molar-refractivity contribution in [2.75, 3.05) is 12.4 Å². The third-order valence-electron chi connectivity index (χ3n) is 4.30. The van der Waals surface area contributed by atoms with Gasteiger partial charge in [0.2, 0.25) is 0 Å². The van der Waals surface area contributed by atoms with Gasteiger partial charge in [-0.1, -0.05) is 25.4 Å². The zero-order valence-corrected chi connectivity index (χ0v) is 15.0. The van der Waals surface area contributed by atoms with Gasteiger partial charge in [0.25, 0.3) is 5.91 Å². The maximum atomic E-state index is 12.4. The summed E-state index contributed by atoms with van der Waals surface area (Å²) in [4.78, 5) is 12.4. The molecule has 0 saturated heterocycles. The molecule has 0 aromatic heterocycles. The fraction of sp³-hybridized carbons (Fsp3) is 0.250. The van der Waals surface area contributed by atoms with Crippen LogP contribution in [0.15, 0.2) is 30.3 Å². The van der Waals surface area contributed by atoms with E-state index in [9.17, 15) is 4.79 Å². The number of carbonyl (C=O) groups is 1. The van der Waals surface area contributed by atoms with Crippen molar-refractivity contribution in [3.8, 4) is 5.75 Å². The van der Waals surface area contributed by atoms with E-state index in [1.54, 1.807) is 13.2 Å². The molecule has 3 nitrogen and oxygen atoms in total. The fourth-order valence-corrected chi connectivity index (χ4v) is 3.13. The monoisotopic (exact) mass is 341 g/mol. The Morgan fingerprint density at radius 3 is 2.62 bits per heavy atom. The van der Waals surface area contributed by atoms with Gasteiger partial charge in [0, 0.05) is 21.8 Å². The highest BCUT2D eigenvalue weighted by Gasteiger charge is 2.24. The standard InChI is InChI=1S/C20H20ClNO2/c1-11(2)15-8-13(12(3)7-19(15)24-4)9-17-16-10-14(21)5-6-18(16)22-20(17)23/h5-11H,1-4H3,(H,22,23)/b17-9-. The Labute approximate surface area is 147 Å². The quantitative estimate of drug-likeness (QED) is 0.772. The Hall–Kier alpha value is -2.26. The highest BCUT2D eigenvalue weighted by molar-refractivity contribution is 6.36. The number of benzene rings is 2. The van der Waals surface area contributed by atoms with Gasteiger partial charge in [-0.15, -0.1) is 0 Å². The lowest BCUT2D eigenvalue weighted by Crippen LogP contribution is -2.04. The van der Waals surface area contributed by atoms with Crippen LogP contribution in [0.1, 0.15) is 42.0 Å². The van der Waals surface area contributed by atoms with Crippen molar-refractivity contribution in [2.24, 2.45) is 0 Å². The molecule has 0 fully saturated rings. The minimum atomic E-state index is -0.103. The minimum absolute atomic E-state index is 0.103. The van der Waals surface area contributed by atoms with E-state index >= 15 is 0 Å². The van der Waals surface area contributed by atoms with E-state index < -0.39 is 0 Å². The molecule has 0 bridgehead atoms. The number of hydrogen-bond acceptors (Lipinski definition) is 2. The molecule has 0 aliphatic carbocycles. The molecule has 1 N–H and O–H groups in total. The molecule has 124 valence electrons. The largest absolute Gasteiger partial charge is 0.496 e. The highest BCUT2D eigenvalue weighted by atomic mass is 35.5. The van der Waals surface area contributed by atoms with Crippen molar-refractivity contribution in [3.05, 3.63) is 57.6 Å². The number of aryl methyl sites for hydroxylation is 1. The molecule has 0 atom stereocenters. The van der Waals surface area contributed by atoms with Crippen LogP contribution in [-0.2, 0) is 4.79 Å². The Morgan fingerprint density at radius 2 is 1.96 bits per heavy atom. The first-order valence-electron chi connectivity index (χ1n) is 7.92. The Balaban J connectivity index is 2.14. The van der Waals surface area contributed by atoms with E-state index in [0.717, 1.165) is 33.7 Å². The van der Waals surface area contributed by atoms with Gasteiger partial charge in [-0.3, -0.25) is 4.79 Å². The van der Waals surface area contributed by atoms with Crippen LogP contribution in [0.25, 0.3) is 11.6 Å². The summed E-state index contributed by atoms with van der Waals surface area (Å²) in [5, 5.41) is 3.50. The van der Waals surface area contributed by atoms with Gasteiger partial charge in [-0.25, -0.2) is 0 Å². The van der Waals surface area contributed by atoms with Crippen molar-refractivity contribution in [1.82, 2.24) is 0 Å². The van der Waals surface area contributed by atoms with Gasteiger partial charge in [-0.05, 0) is 65.9 Å². The van der Waals surface area contributed by atoms with Gasteiger partial charge < -0.3 is 10.1 Å². The van der Waals surface area contributed by atoms with E-state index in [4.69, 9.17) is 16.3 Å². The van der Waals surface area contributed by atoms with E-state index in [1.807, 2.05) is 31.2 Å². The predicted octanol–water partition coefficient (Wildman–Crippen LogP) is 5.27. The van der Waals surface area contributed by atoms with E-state index in [-0.39, 0.29) is 5.91 Å². The van der Waals surface area contributed by atoms with Crippen molar-refractivity contribution < 1.29 is 9.53 Å². The molecule has 2 aromatic carbocycles. The summed E-state index contributed by atoms with van der Waals surface area (Å²) >= 11 is 6.09. The topological polar surface area (TPSA) is 38.3 Å². The Kier molecular flexibility index (Phi) is 4.37. The maximum Gasteiger partial charge on any atom is 0.256 e. The van der Waals surface area contributed by atoms with Crippen LogP contribution in [0.4, 0.5) is 5.69 Å². The molecule has 0 unspecified atom stereocenters. The molecule has 0 saturated carbocycles. The number of ether oxygens (including phenoxy) is 1. The summed E-state index contributed by atoms with van der Waals surface area (Å²) in [5.74, 6) is 1.11. The third kappa shape index (κ3) is 2.92. The van der Waals surface area contributed by atoms with Crippen LogP contribution in [0.5, 0.6) is 5.75 Å². The first-order valence-corrected chi connectivity index (χ1v) is 8.30. The predicted molar refractivity (Wildman–Crippen MR) is 99.8 cm³/mol. The number of rotatable bonds is 3. The Bertz CT molecular complexity index is 853. The van der Waals surface area contributed by atoms with Gasteiger partial charge in [-0.2, -0.15) is 0 Å². The zero-order chi connectivity index (χ0) is 17.4. The smallest absolute Gasteiger partial charge is 0.256 e. The third-order valence-corrected chi connectivity index (χ3v) is 4.54. The summed E-state index contributed by atoms with van der Waals surface area (Å²) in [6, 6.07) is 9.55. The molecule has 24 heavy (non-hydrogen) atoms. The molecule has 1 amide bonds. The molecule has 2 aromatic rings. The first-order chi connectivity index (χ1) is 11.4. The summed E-state index contributed by atoms with van der Waals surface area (Å²) in [5.41, 5.74) is 5.47. The second-order valence-corrected chi connectivity index (χ2v) is 6.74. The van der Waals surface area contributed by atoms with E-state index in [1.165, 1.54) is 0 Å². The number of anilines is 1. The summed E-state index contributed by atoms with van der Waals surface area (Å²) < 4.78 is 5.49. The Morgan fingerprint density at radius 1 is 1.21 bits per heavy atom. The van der Waals surface area contributed by atoms with E-state index in [2.05, 4.69) is 25.2 Å². The van der Waals surface area contributed by atoms with Gasteiger partial charge in [0.15, 0.2) is 0 Å². The van der Waals surface area contributed by atoms with Crippen LogP contribution < -0.4 is 10.1 Å². The average Bonchev–Trinajstić information content (AvgIpc) is 2.84. The van der Waals surface area contributed by atoms with Crippen LogP contribution in [0, 0.1) is 6.92 Å². The lowest BCUT2D eigenvalue weighted by Gasteiger charge is -2.15. The van der Waals surface area contributed by atoms with Crippen molar-refractivity contribution in [2.45, 2.75) is 26.7 Å². The molecule has 1 heterocycles. The lowest BCUT2D eigenvalue weighted by atomic mass is 9.94. The number of hydrogen-bond donors (Lipinski definition) is 1. The SMILES string of the molecule is COc1cc(C)c(/C=C2\C(=O)Nc3ccc(Cl)cc32)cc1C(C)C. The second-order valence-electron chi connectivity index (χ2n) is 6.31. The maximum absolute atomic E-state index is 12.4. The van der Waals surface area contributed by atoms with Crippen molar-refractivity contribution in [1.29, 1.82) is 0 Å². The highest BCUT2D eigenvalue weighted by Crippen LogP contribution is 2.37. The van der Waals surface area contributed by atoms with Gasteiger partial charge >= 0.3 is 0 Å². The number of fused-ring (bicyclic) bond motifs is 1. The zero-order valence-electron chi connectivity index (χ0n) is 14.2. The molecule has 3 rings (SSSR count). The number of methoxy groups -OCH3 is 1. The van der Waals surface area contributed by atoms with Crippen LogP contribution in [-0.4, -0.2) is 13.0 Å². The normalized spacial score (nSPS) is 14.9. The summed E-state index contributed by atoms with van der Waals surface area (Å²) in [6.45, 7) is 6.27. The molecule has 1 aliphatic rings. The fourth-order valence-electron chi connectivity index (χ4n) is 2.96.